The van der Waals surface area contributed by atoms with Gasteiger partial charge in [0.25, 0.3) is 0 Å². The molecule has 20 heavy (non-hydrogen) atoms. The van der Waals surface area contributed by atoms with Crippen LogP contribution in [0.15, 0.2) is 23.1 Å². The van der Waals surface area contributed by atoms with Crippen LogP contribution < -0.4 is 5.32 Å². The Bertz CT molecular complexity index is 573. The Morgan fingerprint density at radius 1 is 1.45 bits per heavy atom. The first-order valence-electron chi connectivity index (χ1n) is 6.86. The van der Waals surface area contributed by atoms with Crippen molar-refractivity contribution in [2.45, 2.75) is 24.7 Å². The molecule has 0 saturated carbocycles. The fourth-order valence-electron chi connectivity index (χ4n) is 2.65. The highest BCUT2D eigenvalue weighted by atomic mass is 32.2. The number of rotatable bonds is 4. The lowest BCUT2D eigenvalue weighted by molar-refractivity contribution is 0.263. The van der Waals surface area contributed by atoms with E-state index in [-0.39, 0.29) is 10.8 Å². The fraction of sp³-hybridized carbons (Fsp3) is 0.571. The van der Waals surface area contributed by atoms with Gasteiger partial charge in [-0.05, 0) is 57.0 Å². The van der Waals surface area contributed by atoms with Gasteiger partial charge in [0.1, 0.15) is 10.7 Å². The van der Waals surface area contributed by atoms with Gasteiger partial charge in [-0.1, -0.05) is 6.07 Å². The maximum atomic E-state index is 13.8. The third kappa shape index (κ3) is 3.19. The Morgan fingerprint density at radius 3 is 2.90 bits per heavy atom. The molecule has 0 aliphatic carbocycles. The van der Waals surface area contributed by atoms with Crippen molar-refractivity contribution in [3.63, 3.8) is 0 Å². The van der Waals surface area contributed by atoms with E-state index in [0.717, 1.165) is 24.9 Å². The van der Waals surface area contributed by atoms with E-state index in [2.05, 4.69) is 5.32 Å². The molecule has 1 N–H and O–H groups in total. The van der Waals surface area contributed by atoms with Crippen molar-refractivity contribution in [2.75, 3.05) is 26.7 Å². The largest absolute Gasteiger partial charge is 0.319 e. The molecule has 0 unspecified atom stereocenters. The van der Waals surface area contributed by atoms with E-state index in [4.69, 9.17) is 0 Å². The van der Waals surface area contributed by atoms with Gasteiger partial charge >= 0.3 is 0 Å². The van der Waals surface area contributed by atoms with Gasteiger partial charge in [-0.3, -0.25) is 0 Å². The molecule has 0 radical (unpaired) electrons. The number of sulfonamides is 1. The molecule has 112 valence electrons. The number of benzene rings is 1. The van der Waals surface area contributed by atoms with Crippen molar-refractivity contribution in [2.24, 2.45) is 5.92 Å². The molecule has 1 fully saturated rings. The van der Waals surface area contributed by atoms with E-state index in [0.29, 0.717) is 13.1 Å². The van der Waals surface area contributed by atoms with Crippen LogP contribution in [-0.2, 0) is 10.0 Å². The second kappa shape index (κ2) is 6.20. The molecular formula is C14H21FN2O2S. The van der Waals surface area contributed by atoms with Crippen molar-refractivity contribution in [1.82, 2.24) is 9.62 Å². The summed E-state index contributed by atoms with van der Waals surface area (Å²) in [7, 11) is -1.88. The first-order valence-corrected chi connectivity index (χ1v) is 8.30. The smallest absolute Gasteiger partial charge is 0.246 e. The van der Waals surface area contributed by atoms with Crippen molar-refractivity contribution < 1.29 is 12.8 Å². The number of halogens is 1. The van der Waals surface area contributed by atoms with Crippen LogP contribution >= 0.6 is 0 Å². The SMILES string of the molecule is CNC[C@H]1CCCN(S(=O)(=O)c2cc(C)ccc2F)C1. The average molecular weight is 300 g/mol. The van der Waals surface area contributed by atoms with Crippen LogP contribution in [0.1, 0.15) is 18.4 Å². The maximum absolute atomic E-state index is 13.8. The lowest BCUT2D eigenvalue weighted by Gasteiger charge is -2.32. The average Bonchev–Trinajstić information content (AvgIpc) is 2.42. The van der Waals surface area contributed by atoms with Gasteiger partial charge < -0.3 is 5.32 Å². The van der Waals surface area contributed by atoms with Gasteiger partial charge in [0.05, 0.1) is 0 Å². The molecule has 6 heteroatoms. The summed E-state index contributed by atoms with van der Waals surface area (Å²) < 4.78 is 40.4. The van der Waals surface area contributed by atoms with E-state index in [1.807, 2.05) is 7.05 Å². The van der Waals surface area contributed by atoms with Crippen LogP contribution in [0.2, 0.25) is 0 Å². The van der Waals surface area contributed by atoms with Crippen molar-refractivity contribution in [3.8, 4) is 0 Å². The summed E-state index contributed by atoms with van der Waals surface area (Å²) in [6, 6.07) is 4.21. The van der Waals surface area contributed by atoms with Crippen molar-refractivity contribution >= 4 is 10.0 Å². The van der Waals surface area contributed by atoms with Gasteiger partial charge in [-0.2, -0.15) is 4.31 Å². The Balaban J connectivity index is 2.27. The summed E-state index contributed by atoms with van der Waals surface area (Å²) >= 11 is 0. The van der Waals surface area contributed by atoms with Crippen molar-refractivity contribution in [1.29, 1.82) is 0 Å². The van der Waals surface area contributed by atoms with Crippen LogP contribution in [0.3, 0.4) is 0 Å². The first kappa shape index (κ1) is 15.4. The quantitative estimate of drug-likeness (QED) is 0.922. The van der Waals surface area contributed by atoms with Gasteiger partial charge in [-0.15, -0.1) is 0 Å². The summed E-state index contributed by atoms with van der Waals surface area (Å²) in [6.45, 7) is 3.47. The molecule has 0 spiro atoms. The Kier molecular flexibility index (Phi) is 4.78. The summed E-state index contributed by atoms with van der Waals surface area (Å²) in [5.74, 6) is -0.386. The Morgan fingerprint density at radius 2 is 2.20 bits per heavy atom. The topological polar surface area (TPSA) is 49.4 Å². The third-order valence-electron chi connectivity index (χ3n) is 3.68. The minimum absolute atomic E-state index is 0.206. The fourth-order valence-corrected chi connectivity index (χ4v) is 4.35. The molecule has 1 aromatic rings. The summed E-state index contributed by atoms with van der Waals surface area (Å²) in [4.78, 5) is -0.206. The van der Waals surface area contributed by atoms with E-state index < -0.39 is 15.8 Å². The predicted octanol–water partition coefficient (Wildman–Crippen LogP) is 1.75. The van der Waals surface area contributed by atoms with Crippen LogP contribution in [0.4, 0.5) is 4.39 Å². The monoisotopic (exact) mass is 300 g/mol. The van der Waals surface area contributed by atoms with E-state index >= 15 is 0 Å². The maximum Gasteiger partial charge on any atom is 0.246 e. The van der Waals surface area contributed by atoms with Crippen LogP contribution in [0, 0.1) is 18.7 Å². The summed E-state index contributed by atoms with van der Waals surface area (Å²) in [5.41, 5.74) is 0.744. The van der Waals surface area contributed by atoms with E-state index in [9.17, 15) is 12.8 Å². The Labute approximate surface area is 120 Å². The minimum Gasteiger partial charge on any atom is -0.319 e. The number of piperidine rings is 1. The van der Waals surface area contributed by atoms with Crippen LogP contribution in [0.5, 0.6) is 0 Å². The molecule has 2 rings (SSSR count). The van der Waals surface area contributed by atoms with Gasteiger partial charge in [-0.25, -0.2) is 12.8 Å². The standard InChI is InChI=1S/C14H21FN2O2S/c1-11-5-6-13(15)14(8-11)20(18,19)17-7-3-4-12(10-17)9-16-2/h5-6,8,12,16H,3-4,7,9-10H2,1-2H3/t12-/m1/s1. The number of nitrogens with zero attached hydrogens (tertiary/aromatic N) is 1. The second-order valence-electron chi connectivity index (χ2n) is 5.36. The third-order valence-corrected chi connectivity index (χ3v) is 5.56. The normalized spacial score (nSPS) is 21.1. The van der Waals surface area contributed by atoms with E-state index in [1.165, 1.54) is 16.4 Å². The molecule has 1 atom stereocenters. The van der Waals surface area contributed by atoms with Gasteiger partial charge in [0.15, 0.2) is 0 Å². The van der Waals surface area contributed by atoms with E-state index in [1.54, 1.807) is 13.0 Å². The molecule has 1 saturated heterocycles. The molecule has 0 bridgehead atoms. The summed E-state index contributed by atoms with van der Waals surface area (Å²) in [6.07, 6.45) is 1.82. The van der Waals surface area contributed by atoms with Gasteiger partial charge in [0, 0.05) is 13.1 Å². The molecule has 1 aliphatic rings. The number of hydrogen-bond acceptors (Lipinski definition) is 3. The second-order valence-corrected chi connectivity index (χ2v) is 7.27. The Hall–Kier alpha value is -0.980. The van der Waals surface area contributed by atoms with Crippen molar-refractivity contribution in [3.05, 3.63) is 29.6 Å². The molecule has 1 heterocycles. The highest BCUT2D eigenvalue weighted by Crippen LogP contribution is 2.25. The molecule has 0 aromatic heterocycles. The number of nitrogens with one attached hydrogen (secondary N) is 1. The number of aryl methyl sites for hydroxylation is 1. The zero-order valence-electron chi connectivity index (χ0n) is 11.9. The molecule has 0 amide bonds. The number of hydrogen-bond donors (Lipinski definition) is 1. The zero-order chi connectivity index (χ0) is 14.8. The minimum atomic E-state index is -3.74. The highest BCUT2D eigenvalue weighted by molar-refractivity contribution is 7.89. The molecule has 4 nitrogen and oxygen atoms in total. The van der Waals surface area contributed by atoms with Gasteiger partial charge in [0.2, 0.25) is 10.0 Å². The molecule has 1 aromatic carbocycles. The zero-order valence-corrected chi connectivity index (χ0v) is 12.7. The van der Waals surface area contributed by atoms with Crippen LogP contribution in [-0.4, -0.2) is 39.4 Å². The first-order chi connectivity index (χ1) is 9.45. The predicted molar refractivity (Wildman–Crippen MR) is 76.5 cm³/mol. The summed E-state index contributed by atoms with van der Waals surface area (Å²) in [5, 5.41) is 3.07. The lowest BCUT2D eigenvalue weighted by Crippen LogP contribution is -2.42. The van der Waals surface area contributed by atoms with Crippen LogP contribution in [0.25, 0.3) is 0 Å². The molecule has 1 aliphatic heterocycles. The lowest BCUT2D eigenvalue weighted by atomic mass is 10.00. The molecular weight excluding hydrogens is 279 g/mol. The highest BCUT2D eigenvalue weighted by Gasteiger charge is 2.31.